The first kappa shape index (κ1) is 26.9. The predicted octanol–water partition coefficient (Wildman–Crippen LogP) is 5.43. The van der Waals surface area contributed by atoms with E-state index in [0.717, 1.165) is 5.56 Å². The molecule has 0 heterocycles. The molecule has 0 aliphatic heterocycles. The lowest BCUT2D eigenvalue weighted by Gasteiger charge is -2.13. The van der Waals surface area contributed by atoms with Crippen LogP contribution in [0.3, 0.4) is 0 Å². The SMILES string of the molecule is COc1ccc(C(=O)/C=C\Nc2cc(/C=C\c3cc(OC)c(OC)c(OC)c3)cc(F)c2OC)cc1N. The maximum absolute atomic E-state index is 14.8. The van der Waals surface area contributed by atoms with Crippen molar-refractivity contribution in [3.8, 4) is 28.7 Å². The Balaban J connectivity index is 1.84. The molecule has 0 fully saturated rings. The van der Waals surface area contributed by atoms with Crippen molar-refractivity contribution in [2.75, 3.05) is 46.6 Å². The third-order valence-corrected chi connectivity index (χ3v) is 5.41. The van der Waals surface area contributed by atoms with Crippen LogP contribution in [0.4, 0.5) is 15.8 Å². The van der Waals surface area contributed by atoms with Gasteiger partial charge in [0.05, 0.1) is 46.9 Å². The minimum Gasteiger partial charge on any atom is -0.495 e. The Labute approximate surface area is 215 Å². The highest BCUT2D eigenvalue weighted by atomic mass is 19.1. The third kappa shape index (κ3) is 6.32. The lowest BCUT2D eigenvalue weighted by molar-refractivity contribution is 0.104. The van der Waals surface area contributed by atoms with E-state index in [1.807, 2.05) is 0 Å². The quantitative estimate of drug-likeness (QED) is 0.153. The van der Waals surface area contributed by atoms with Gasteiger partial charge in [-0.05, 0) is 53.6 Å². The molecule has 9 heteroatoms. The highest BCUT2D eigenvalue weighted by Crippen LogP contribution is 2.39. The number of carbonyl (C=O) groups is 1. The van der Waals surface area contributed by atoms with Crippen molar-refractivity contribution in [3.05, 3.63) is 77.2 Å². The van der Waals surface area contributed by atoms with E-state index in [4.69, 9.17) is 29.4 Å². The zero-order valence-corrected chi connectivity index (χ0v) is 21.3. The predicted molar refractivity (Wildman–Crippen MR) is 142 cm³/mol. The summed E-state index contributed by atoms with van der Waals surface area (Å²) in [6.07, 6.45) is 6.23. The van der Waals surface area contributed by atoms with Crippen molar-refractivity contribution in [1.82, 2.24) is 0 Å². The highest BCUT2D eigenvalue weighted by Gasteiger charge is 2.13. The molecule has 0 aliphatic carbocycles. The van der Waals surface area contributed by atoms with E-state index in [1.54, 1.807) is 42.5 Å². The van der Waals surface area contributed by atoms with E-state index in [0.29, 0.717) is 45.5 Å². The zero-order chi connectivity index (χ0) is 26.9. The number of hydrogen-bond donors (Lipinski definition) is 2. The number of halogens is 1. The van der Waals surface area contributed by atoms with E-state index >= 15 is 0 Å². The molecule has 8 nitrogen and oxygen atoms in total. The molecule has 0 aromatic heterocycles. The van der Waals surface area contributed by atoms with Gasteiger partial charge in [0.25, 0.3) is 0 Å². The van der Waals surface area contributed by atoms with Gasteiger partial charge in [-0.1, -0.05) is 12.2 Å². The van der Waals surface area contributed by atoms with Crippen LogP contribution in [-0.2, 0) is 0 Å². The summed E-state index contributed by atoms with van der Waals surface area (Å²) in [5, 5.41) is 2.92. The Morgan fingerprint density at radius 2 is 1.38 bits per heavy atom. The van der Waals surface area contributed by atoms with Crippen molar-refractivity contribution < 1.29 is 32.9 Å². The highest BCUT2D eigenvalue weighted by molar-refractivity contribution is 6.05. The molecule has 0 bridgehead atoms. The second-order valence-electron chi connectivity index (χ2n) is 7.67. The van der Waals surface area contributed by atoms with Gasteiger partial charge in [0, 0.05) is 17.8 Å². The summed E-state index contributed by atoms with van der Waals surface area (Å²) >= 11 is 0. The molecule has 0 unspecified atom stereocenters. The number of nitrogen functional groups attached to an aromatic ring is 1. The van der Waals surface area contributed by atoms with E-state index in [2.05, 4.69) is 5.32 Å². The standard InChI is InChI=1S/C28H29FN2O6/c1-33-24-9-8-19(16-21(24)30)23(32)10-11-31-22-13-17(12-20(29)27(22)36-4)6-7-18-14-25(34-2)28(37-5)26(15-18)35-3/h6-16,31H,30H2,1-5H3/b7-6-,11-10-. The molecule has 3 aromatic rings. The summed E-state index contributed by atoms with van der Waals surface area (Å²) in [7, 11) is 7.45. The molecule has 0 amide bonds. The molecule has 0 aliphatic rings. The fraction of sp³-hybridized carbons (Fsp3) is 0.179. The van der Waals surface area contributed by atoms with Gasteiger partial charge >= 0.3 is 0 Å². The Morgan fingerprint density at radius 1 is 0.784 bits per heavy atom. The van der Waals surface area contributed by atoms with Crippen LogP contribution in [0, 0.1) is 5.82 Å². The Bertz CT molecular complexity index is 1310. The van der Waals surface area contributed by atoms with Gasteiger partial charge in [0.2, 0.25) is 5.75 Å². The van der Waals surface area contributed by atoms with Crippen LogP contribution in [0.15, 0.2) is 54.7 Å². The number of ketones is 1. The second kappa shape index (κ2) is 12.3. The van der Waals surface area contributed by atoms with Crippen molar-refractivity contribution >= 4 is 29.3 Å². The number of allylic oxidation sites excluding steroid dienone is 1. The summed E-state index contributed by atoms with van der Waals surface area (Å²) in [6.45, 7) is 0. The number of nitrogens with one attached hydrogen (secondary N) is 1. The minimum absolute atomic E-state index is 0.00993. The van der Waals surface area contributed by atoms with Crippen LogP contribution in [0.5, 0.6) is 28.7 Å². The smallest absolute Gasteiger partial charge is 0.203 e. The molecule has 3 rings (SSSR count). The fourth-order valence-electron chi connectivity index (χ4n) is 3.61. The molecule has 194 valence electrons. The van der Waals surface area contributed by atoms with Crippen molar-refractivity contribution in [2.45, 2.75) is 0 Å². The van der Waals surface area contributed by atoms with Gasteiger partial charge in [0.15, 0.2) is 28.8 Å². The van der Waals surface area contributed by atoms with Crippen LogP contribution in [-0.4, -0.2) is 41.3 Å². The minimum atomic E-state index is -0.570. The van der Waals surface area contributed by atoms with E-state index in [1.165, 1.54) is 60.0 Å². The Kier molecular flexibility index (Phi) is 8.99. The monoisotopic (exact) mass is 508 g/mol. The van der Waals surface area contributed by atoms with Gasteiger partial charge in [-0.25, -0.2) is 4.39 Å². The molecule has 0 saturated carbocycles. The summed E-state index contributed by atoms with van der Waals surface area (Å²) in [6, 6.07) is 11.3. The second-order valence-corrected chi connectivity index (χ2v) is 7.67. The molecular formula is C28H29FN2O6. The third-order valence-electron chi connectivity index (χ3n) is 5.41. The van der Waals surface area contributed by atoms with Gasteiger partial charge in [-0.2, -0.15) is 0 Å². The average Bonchev–Trinajstić information content (AvgIpc) is 2.90. The van der Waals surface area contributed by atoms with Gasteiger partial charge in [-0.15, -0.1) is 0 Å². The molecule has 37 heavy (non-hydrogen) atoms. The normalized spacial score (nSPS) is 11.0. The van der Waals surface area contributed by atoms with Crippen LogP contribution < -0.4 is 34.7 Å². The van der Waals surface area contributed by atoms with Gasteiger partial charge in [0.1, 0.15) is 5.75 Å². The number of benzene rings is 3. The number of rotatable bonds is 11. The topological polar surface area (TPSA) is 101 Å². The number of carbonyl (C=O) groups excluding carboxylic acids is 1. The van der Waals surface area contributed by atoms with Gasteiger partial charge < -0.3 is 34.7 Å². The molecule has 0 atom stereocenters. The summed E-state index contributed by atoms with van der Waals surface area (Å²) in [5.74, 6) is 1.10. The summed E-state index contributed by atoms with van der Waals surface area (Å²) < 4.78 is 41.2. The molecule has 0 spiro atoms. The lowest BCUT2D eigenvalue weighted by atomic mass is 10.1. The number of hydrogen-bond acceptors (Lipinski definition) is 8. The van der Waals surface area contributed by atoms with E-state index in [9.17, 15) is 9.18 Å². The Morgan fingerprint density at radius 3 is 1.92 bits per heavy atom. The molecule has 0 saturated heterocycles. The fourth-order valence-corrected chi connectivity index (χ4v) is 3.61. The van der Waals surface area contributed by atoms with Crippen LogP contribution in [0.1, 0.15) is 21.5 Å². The molecule has 0 radical (unpaired) electrons. The van der Waals surface area contributed by atoms with Crippen molar-refractivity contribution in [1.29, 1.82) is 0 Å². The van der Waals surface area contributed by atoms with Crippen LogP contribution >= 0.6 is 0 Å². The number of nitrogens with two attached hydrogens (primary N) is 1. The van der Waals surface area contributed by atoms with Crippen molar-refractivity contribution in [3.63, 3.8) is 0 Å². The first-order chi connectivity index (χ1) is 17.8. The Hall–Kier alpha value is -4.66. The summed E-state index contributed by atoms with van der Waals surface area (Å²) in [4.78, 5) is 12.5. The maximum atomic E-state index is 14.8. The average molecular weight is 509 g/mol. The largest absolute Gasteiger partial charge is 0.495 e. The first-order valence-corrected chi connectivity index (χ1v) is 11.1. The lowest BCUT2D eigenvalue weighted by Crippen LogP contribution is -2.01. The van der Waals surface area contributed by atoms with E-state index in [-0.39, 0.29) is 11.5 Å². The number of methoxy groups -OCH3 is 5. The van der Waals surface area contributed by atoms with Crippen molar-refractivity contribution in [2.24, 2.45) is 0 Å². The van der Waals surface area contributed by atoms with Gasteiger partial charge in [-0.3, -0.25) is 4.79 Å². The first-order valence-electron chi connectivity index (χ1n) is 11.1. The summed E-state index contributed by atoms with van der Waals surface area (Å²) in [5.41, 5.74) is 8.26. The maximum Gasteiger partial charge on any atom is 0.203 e. The molecule has 3 aromatic carbocycles. The molecule has 3 N–H and O–H groups in total. The number of anilines is 2. The van der Waals surface area contributed by atoms with E-state index < -0.39 is 5.82 Å². The zero-order valence-electron chi connectivity index (χ0n) is 21.3. The van der Waals surface area contributed by atoms with Crippen LogP contribution in [0.25, 0.3) is 12.2 Å². The molecular weight excluding hydrogens is 479 g/mol. The number of ether oxygens (including phenoxy) is 5. The van der Waals surface area contributed by atoms with Crippen LogP contribution in [0.2, 0.25) is 0 Å².